The van der Waals surface area contributed by atoms with E-state index >= 15 is 0 Å². The van der Waals surface area contributed by atoms with Crippen molar-refractivity contribution in [2.24, 2.45) is 0 Å². The minimum absolute atomic E-state index is 0.134. The van der Waals surface area contributed by atoms with E-state index in [4.69, 9.17) is 24.3 Å². The number of carboxylic acids is 1. The molecule has 0 bridgehead atoms. The number of thiazole rings is 1. The lowest BCUT2D eigenvalue weighted by atomic mass is 10.1. The van der Waals surface area contributed by atoms with Gasteiger partial charge in [-0.05, 0) is 72.1 Å². The molecule has 4 rings (SSSR count). The van der Waals surface area contributed by atoms with Gasteiger partial charge in [-0.15, -0.1) is 11.3 Å². The molecule has 1 aromatic heterocycles. The molecular formula is C29H26F3NO5S. The fourth-order valence-corrected chi connectivity index (χ4v) is 4.92. The summed E-state index contributed by atoms with van der Waals surface area (Å²) in [5, 5.41) is 9.55. The Morgan fingerprint density at radius 3 is 2.23 bits per heavy atom. The minimum atomic E-state index is -4.42. The van der Waals surface area contributed by atoms with E-state index in [9.17, 15) is 18.0 Å². The summed E-state index contributed by atoms with van der Waals surface area (Å²) in [5.41, 5.74) is 2.15. The third kappa shape index (κ3) is 7.08. The minimum Gasteiger partial charge on any atom is -0.497 e. The molecule has 0 saturated carbocycles. The van der Waals surface area contributed by atoms with Crippen LogP contribution in [0.1, 0.15) is 29.5 Å². The van der Waals surface area contributed by atoms with E-state index in [2.05, 4.69) is 0 Å². The third-order valence-electron chi connectivity index (χ3n) is 5.77. The number of benzene rings is 3. The average Bonchev–Trinajstić information content (AvgIpc) is 3.35. The number of aromatic nitrogens is 1. The molecule has 0 spiro atoms. The Labute approximate surface area is 227 Å². The summed E-state index contributed by atoms with van der Waals surface area (Å²) >= 11 is 1.34. The van der Waals surface area contributed by atoms with Crippen LogP contribution in [0.15, 0.2) is 66.7 Å². The van der Waals surface area contributed by atoms with Crippen LogP contribution in [0.3, 0.4) is 0 Å². The van der Waals surface area contributed by atoms with Crippen LogP contribution in [0.25, 0.3) is 21.7 Å². The molecule has 0 amide bonds. The molecule has 0 fully saturated rings. The molecule has 10 heteroatoms. The molecule has 0 aliphatic heterocycles. The lowest BCUT2D eigenvalue weighted by Gasteiger charge is -2.12. The van der Waals surface area contributed by atoms with Crippen molar-refractivity contribution in [2.75, 3.05) is 13.7 Å². The first-order valence-corrected chi connectivity index (χ1v) is 12.9. The van der Waals surface area contributed by atoms with Gasteiger partial charge >= 0.3 is 12.1 Å². The summed E-state index contributed by atoms with van der Waals surface area (Å²) in [6.07, 6.45) is -2.90. The van der Waals surface area contributed by atoms with E-state index in [1.54, 1.807) is 31.4 Å². The molecule has 0 unspecified atom stereocenters. The first-order valence-electron chi connectivity index (χ1n) is 12.1. The van der Waals surface area contributed by atoms with Gasteiger partial charge in [0.25, 0.3) is 0 Å². The lowest BCUT2D eigenvalue weighted by Crippen LogP contribution is -2.10. The maximum atomic E-state index is 13.1. The van der Waals surface area contributed by atoms with Gasteiger partial charge in [-0.25, -0.2) is 9.78 Å². The van der Waals surface area contributed by atoms with Crippen molar-refractivity contribution < 1.29 is 37.3 Å². The maximum Gasteiger partial charge on any atom is 0.416 e. The third-order valence-corrected chi connectivity index (χ3v) is 6.85. The van der Waals surface area contributed by atoms with Crippen molar-refractivity contribution in [2.45, 2.75) is 32.5 Å². The van der Waals surface area contributed by atoms with Crippen LogP contribution in [0.5, 0.6) is 17.2 Å². The number of ether oxygens (including phenoxy) is 3. The second-order valence-corrected chi connectivity index (χ2v) is 9.66. The summed E-state index contributed by atoms with van der Waals surface area (Å²) in [4.78, 5) is 16.4. The molecule has 1 N–H and O–H groups in total. The number of carboxylic acid groups (broad SMARTS) is 1. The first kappa shape index (κ1) is 28.0. The van der Waals surface area contributed by atoms with Gasteiger partial charge in [-0.1, -0.05) is 25.5 Å². The predicted molar refractivity (Wildman–Crippen MR) is 142 cm³/mol. The van der Waals surface area contributed by atoms with Crippen LogP contribution in [0, 0.1) is 0 Å². The van der Waals surface area contributed by atoms with Crippen molar-refractivity contribution in [1.29, 1.82) is 0 Å². The summed E-state index contributed by atoms with van der Waals surface area (Å²) in [7, 11) is 1.57. The number of nitrogens with zero attached hydrogens (tertiary/aromatic N) is 1. The first-order chi connectivity index (χ1) is 18.7. The Hall–Kier alpha value is -4.05. The Bertz CT molecular complexity index is 1420. The highest BCUT2D eigenvalue weighted by Crippen LogP contribution is 2.39. The molecule has 4 aromatic rings. The number of hydrogen-bond donors (Lipinski definition) is 1. The molecule has 1 heterocycles. The van der Waals surface area contributed by atoms with Gasteiger partial charge < -0.3 is 19.3 Å². The summed E-state index contributed by atoms with van der Waals surface area (Å²) in [5.74, 6) is 0.677. The highest BCUT2D eigenvalue weighted by Gasteiger charge is 2.30. The molecule has 204 valence electrons. The van der Waals surface area contributed by atoms with E-state index < -0.39 is 24.3 Å². The van der Waals surface area contributed by atoms with Gasteiger partial charge in [0, 0.05) is 5.56 Å². The van der Waals surface area contributed by atoms with E-state index in [-0.39, 0.29) is 6.61 Å². The molecule has 39 heavy (non-hydrogen) atoms. The van der Waals surface area contributed by atoms with Crippen molar-refractivity contribution >= 4 is 17.3 Å². The molecule has 0 aliphatic rings. The molecule has 0 radical (unpaired) electrons. The molecule has 0 aliphatic carbocycles. The molecular weight excluding hydrogens is 531 g/mol. The Morgan fingerprint density at radius 1 is 0.949 bits per heavy atom. The molecule has 6 nitrogen and oxygen atoms in total. The zero-order valence-electron chi connectivity index (χ0n) is 21.2. The van der Waals surface area contributed by atoms with Gasteiger partial charge in [-0.2, -0.15) is 13.2 Å². The smallest absolute Gasteiger partial charge is 0.416 e. The van der Waals surface area contributed by atoms with Crippen LogP contribution in [-0.2, 0) is 24.0 Å². The van der Waals surface area contributed by atoms with Crippen molar-refractivity contribution in [3.63, 3.8) is 0 Å². The summed E-state index contributed by atoms with van der Waals surface area (Å²) in [6.45, 7) is 1.71. The van der Waals surface area contributed by atoms with E-state index in [0.717, 1.165) is 34.6 Å². The average molecular weight is 558 g/mol. The number of methoxy groups -OCH3 is 1. The number of alkyl halides is 3. The fraction of sp³-hybridized carbons (Fsp3) is 0.241. The van der Waals surface area contributed by atoms with Crippen LogP contribution < -0.4 is 14.2 Å². The van der Waals surface area contributed by atoms with Crippen LogP contribution in [-0.4, -0.2) is 29.8 Å². The predicted octanol–water partition coefficient (Wildman–Crippen LogP) is 7.50. The highest BCUT2D eigenvalue weighted by atomic mass is 32.1. The van der Waals surface area contributed by atoms with Crippen LogP contribution in [0.4, 0.5) is 13.2 Å². The Balaban J connectivity index is 1.62. The van der Waals surface area contributed by atoms with E-state index in [0.29, 0.717) is 39.9 Å². The van der Waals surface area contributed by atoms with Gasteiger partial charge in [0.15, 0.2) is 6.61 Å². The monoisotopic (exact) mass is 557 g/mol. The summed E-state index contributed by atoms with van der Waals surface area (Å²) in [6, 6.07) is 17.5. The van der Waals surface area contributed by atoms with Crippen LogP contribution in [0.2, 0.25) is 0 Å². The number of aryl methyl sites for hydroxylation is 1. The van der Waals surface area contributed by atoms with Gasteiger partial charge in [0.05, 0.1) is 23.2 Å². The second-order valence-electron chi connectivity index (χ2n) is 8.58. The SMILES string of the molecule is CCCc1cc(OCc2nc(-c3ccc(OC)cc3)c(-c3ccc(C(F)(F)F)cc3)s2)ccc1OCC(=O)O. The maximum absolute atomic E-state index is 13.1. The van der Waals surface area contributed by atoms with Crippen molar-refractivity contribution in [3.8, 4) is 38.9 Å². The zero-order valence-corrected chi connectivity index (χ0v) is 22.1. The van der Waals surface area contributed by atoms with Crippen LogP contribution >= 0.6 is 11.3 Å². The van der Waals surface area contributed by atoms with Crippen molar-refractivity contribution in [3.05, 3.63) is 82.9 Å². The summed E-state index contributed by atoms with van der Waals surface area (Å²) < 4.78 is 56.0. The molecule has 0 saturated heterocycles. The van der Waals surface area contributed by atoms with Gasteiger partial charge in [0.2, 0.25) is 0 Å². The fourth-order valence-electron chi connectivity index (χ4n) is 3.91. The zero-order chi connectivity index (χ0) is 28.0. The molecule has 3 aromatic carbocycles. The molecule has 0 atom stereocenters. The largest absolute Gasteiger partial charge is 0.497 e. The number of carbonyl (C=O) groups is 1. The Morgan fingerprint density at radius 2 is 1.62 bits per heavy atom. The van der Waals surface area contributed by atoms with Gasteiger partial charge in [0.1, 0.15) is 28.9 Å². The number of halogens is 3. The number of rotatable bonds is 11. The second kappa shape index (κ2) is 12.2. The normalized spacial score (nSPS) is 11.3. The quantitative estimate of drug-likeness (QED) is 0.206. The lowest BCUT2D eigenvalue weighted by molar-refractivity contribution is -0.139. The number of aliphatic carboxylic acids is 1. The number of hydrogen-bond acceptors (Lipinski definition) is 6. The van der Waals surface area contributed by atoms with Crippen molar-refractivity contribution in [1.82, 2.24) is 4.98 Å². The topological polar surface area (TPSA) is 77.9 Å². The van der Waals surface area contributed by atoms with Gasteiger partial charge in [-0.3, -0.25) is 0 Å². The highest BCUT2D eigenvalue weighted by molar-refractivity contribution is 7.15. The van der Waals surface area contributed by atoms with E-state index in [1.165, 1.54) is 23.5 Å². The Kier molecular flexibility index (Phi) is 8.75. The van der Waals surface area contributed by atoms with E-state index in [1.807, 2.05) is 25.1 Å². The standard InChI is InChI=1S/C29H26F3NO5S/c1-3-4-20-15-23(13-14-24(20)38-17-26(34)35)37-16-25-33-27(18-7-11-22(36-2)12-8-18)28(39-25)19-5-9-21(10-6-19)29(30,31)32/h5-15H,3-4,16-17H2,1-2H3,(H,34,35).